The molecule has 0 aliphatic carbocycles. The zero-order chi connectivity index (χ0) is 12.1. The normalized spacial score (nSPS) is 14.1. The molecule has 1 aliphatic rings. The first-order valence-electron chi connectivity index (χ1n) is 5.41. The SMILES string of the molecule is COC(CSc1ccc2c(c1)OCCO2)OC. The van der Waals surface area contributed by atoms with E-state index < -0.39 is 0 Å². The van der Waals surface area contributed by atoms with E-state index in [1.807, 2.05) is 18.2 Å². The lowest BCUT2D eigenvalue weighted by atomic mass is 10.3. The molecule has 0 radical (unpaired) electrons. The van der Waals surface area contributed by atoms with Crippen LogP contribution >= 0.6 is 11.8 Å². The summed E-state index contributed by atoms with van der Waals surface area (Å²) in [6.45, 7) is 1.23. The third kappa shape index (κ3) is 3.28. The summed E-state index contributed by atoms with van der Waals surface area (Å²) in [5.41, 5.74) is 0. The first-order chi connectivity index (χ1) is 8.33. The molecule has 0 saturated heterocycles. The van der Waals surface area contributed by atoms with Crippen molar-refractivity contribution in [2.75, 3.05) is 33.2 Å². The van der Waals surface area contributed by atoms with Crippen molar-refractivity contribution >= 4 is 11.8 Å². The van der Waals surface area contributed by atoms with Crippen LogP contribution in [0.5, 0.6) is 11.5 Å². The van der Waals surface area contributed by atoms with Gasteiger partial charge < -0.3 is 18.9 Å². The molecule has 4 nitrogen and oxygen atoms in total. The van der Waals surface area contributed by atoms with Crippen LogP contribution in [-0.2, 0) is 9.47 Å². The Morgan fingerprint density at radius 1 is 1.18 bits per heavy atom. The molecule has 94 valence electrons. The van der Waals surface area contributed by atoms with Crippen molar-refractivity contribution in [2.24, 2.45) is 0 Å². The number of fused-ring (bicyclic) bond motifs is 1. The van der Waals surface area contributed by atoms with Gasteiger partial charge in [-0.1, -0.05) is 0 Å². The van der Waals surface area contributed by atoms with E-state index in [4.69, 9.17) is 18.9 Å². The number of thioether (sulfide) groups is 1. The number of ether oxygens (including phenoxy) is 4. The molecule has 1 heterocycles. The summed E-state index contributed by atoms with van der Waals surface area (Å²) in [4.78, 5) is 1.12. The molecule has 0 bridgehead atoms. The second-order valence-corrected chi connectivity index (χ2v) is 4.61. The van der Waals surface area contributed by atoms with Crippen LogP contribution in [0, 0.1) is 0 Å². The average molecular weight is 256 g/mol. The molecule has 1 aromatic carbocycles. The van der Waals surface area contributed by atoms with E-state index in [-0.39, 0.29) is 6.29 Å². The van der Waals surface area contributed by atoms with Crippen molar-refractivity contribution in [1.29, 1.82) is 0 Å². The maximum atomic E-state index is 5.52. The summed E-state index contributed by atoms with van der Waals surface area (Å²) >= 11 is 1.66. The summed E-state index contributed by atoms with van der Waals surface area (Å²) < 4.78 is 21.3. The minimum absolute atomic E-state index is 0.187. The fraction of sp³-hybridized carbons (Fsp3) is 0.500. The first-order valence-corrected chi connectivity index (χ1v) is 6.40. The van der Waals surface area contributed by atoms with Crippen LogP contribution in [0.3, 0.4) is 0 Å². The highest BCUT2D eigenvalue weighted by Crippen LogP contribution is 2.34. The summed E-state index contributed by atoms with van der Waals surface area (Å²) in [7, 11) is 3.27. The summed E-state index contributed by atoms with van der Waals surface area (Å²) in [6.07, 6.45) is -0.187. The number of methoxy groups -OCH3 is 2. The Morgan fingerprint density at radius 3 is 2.59 bits per heavy atom. The van der Waals surface area contributed by atoms with Gasteiger partial charge in [-0.15, -0.1) is 11.8 Å². The van der Waals surface area contributed by atoms with Crippen LogP contribution in [-0.4, -0.2) is 39.5 Å². The van der Waals surface area contributed by atoms with Crippen molar-refractivity contribution in [3.8, 4) is 11.5 Å². The zero-order valence-corrected chi connectivity index (χ0v) is 10.8. The molecule has 1 aromatic rings. The van der Waals surface area contributed by atoms with Gasteiger partial charge in [0.25, 0.3) is 0 Å². The van der Waals surface area contributed by atoms with Crippen molar-refractivity contribution in [2.45, 2.75) is 11.2 Å². The lowest BCUT2D eigenvalue weighted by molar-refractivity contribution is -0.0842. The number of hydrogen-bond acceptors (Lipinski definition) is 5. The fourth-order valence-electron chi connectivity index (χ4n) is 1.51. The van der Waals surface area contributed by atoms with Gasteiger partial charge in [0.05, 0.1) is 0 Å². The minimum atomic E-state index is -0.187. The monoisotopic (exact) mass is 256 g/mol. The molecule has 0 fully saturated rings. The van der Waals surface area contributed by atoms with E-state index in [0.717, 1.165) is 22.1 Å². The molecule has 1 aliphatic heterocycles. The summed E-state index contributed by atoms with van der Waals surface area (Å²) in [5, 5.41) is 0. The Kier molecular flexibility index (Phi) is 4.53. The van der Waals surface area contributed by atoms with E-state index in [1.165, 1.54) is 0 Å². The van der Waals surface area contributed by atoms with Gasteiger partial charge in [0, 0.05) is 24.9 Å². The predicted octanol–water partition coefficient (Wildman–Crippen LogP) is 2.17. The molecule has 0 spiro atoms. The Bertz CT molecular complexity index is 366. The molecule has 17 heavy (non-hydrogen) atoms. The molecule has 0 amide bonds. The Morgan fingerprint density at radius 2 is 1.88 bits per heavy atom. The second kappa shape index (κ2) is 6.14. The van der Waals surface area contributed by atoms with Crippen LogP contribution < -0.4 is 9.47 Å². The molecule has 0 unspecified atom stereocenters. The zero-order valence-electron chi connectivity index (χ0n) is 9.97. The molecular weight excluding hydrogens is 240 g/mol. The van der Waals surface area contributed by atoms with Gasteiger partial charge in [-0.05, 0) is 18.2 Å². The number of rotatable bonds is 5. The topological polar surface area (TPSA) is 36.9 Å². The largest absolute Gasteiger partial charge is 0.486 e. The third-order valence-electron chi connectivity index (χ3n) is 2.43. The van der Waals surface area contributed by atoms with Gasteiger partial charge in [0.1, 0.15) is 13.2 Å². The van der Waals surface area contributed by atoms with Crippen LogP contribution in [0.4, 0.5) is 0 Å². The van der Waals surface area contributed by atoms with Crippen LogP contribution in [0.15, 0.2) is 23.1 Å². The van der Waals surface area contributed by atoms with Gasteiger partial charge in [-0.25, -0.2) is 0 Å². The maximum Gasteiger partial charge on any atom is 0.166 e. The second-order valence-electron chi connectivity index (χ2n) is 3.52. The van der Waals surface area contributed by atoms with Gasteiger partial charge in [0.2, 0.25) is 0 Å². The highest BCUT2D eigenvalue weighted by molar-refractivity contribution is 7.99. The van der Waals surface area contributed by atoms with Crippen molar-refractivity contribution in [1.82, 2.24) is 0 Å². The van der Waals surface area contributed by atoms with E-state index in [9.17, 15) is 0 Å². The van der Waals surface area contributed by atoms with E-state index in [1.54, 1.807) is 26.0 Å². The van der Waals surface area contributed by atoms with E-state index >= 15 is 0 Å². The lowest BCUT2D eigenvalue weighted by Crippen LogP contribution is -2.16. The predicted molar refractivity (Wildman–Crippen MR) is 66.0 cm³/mol. The Labute approximate surface area is 105 Å². The van der Waals surface area contributed by atoms with Gasteiger partial charge in [-0.3, -0.25) is 0 Å². The molecule has 5 heteroatoms. The molecule has 0 saturated carbocycles. The molecule has 0 N–H and O–H groups in total. The standard InChI is InChI=1S/C12H16O4S/c1-13-12(14-2)8-17-9-3-4-10-11(7-9)16-6-5-15-10/h3-4,7,12H,5-6,8H2,1-2H3. The quantitative estimate of drug-likeness (QED) is 0.596. The van der Waals surface area contributed by atoms with Crippen molar-refractivity contribution in [3.05, 3.63) is 18.2 Å². The van der Waals surface area contributed by atoms with Gasteiger partial charge in [-0.2, -0.15) is 0 Å². The van der Waals surface area contributed by atoms with Gasteiger partial charge in [0.15, 0.2) is 17.8 Å². The fourth-order valence-corrected chi connectivity index (χ4v) is 2.47. The molecule has 2 rings (SSSR count). The first kappa shape index (κ1) is 12.5. The smallest absolute Gasteiger partial charge is 0.166 e. The van der Waals surface area contributed by atoms with Crippen LogP contribution in [0.2, 0.25) is 0 Å². The van der Waals surface area contributed by atoms with E-state index in [2.05, 4.69) is 0 Å². The number of benzene rings is 1. The summed E-state index contributed by atoms with van der Waals surface area (Å²) in [5.74, 6) is 2.37. The number of hydrogen-bond donors (Lipinski definition) is 0. The molecule has 0 aromatic heterocycles. The maximum absolute atomic E-state index is 5.52. The van der Waals surface area contributed by atoms with E-state index in [0.29, 0.717) is 13.2 Å². The van der Waals surface area contributed by atoms with Crippen molar-refractivity contribution in [3.63, 3.8) is 0 Å². The minimum Gasteiger partial charge on any atom is -0.486 e. The Hall–Kier alpha value is -0.910. The third-order valence-corrected chi connectivity index (χ3v) is 3.45. The molecular formula is C12H16O4S. The van der Waals surface area contributed by atoms with Crippen molar-refractivity contribution < 1.29 is 18.9 Å². The summed E-state index contributed by atoms with van der Waals surface area (Å²) in [6, 6.07) is 5.94. The van der Waals surface area contributed by atoms with Crippen LogP contribution in [0.25, 0.3) is 0 Å². The highest BCUT2D eigenvalue weighted by Gasteiger charge is 2.13. The average Bonchev–Trinajstić information content (AvgIpc) is 2.40. The van der Waals surface area contributed by atoms with Crippen LogP contribution in [0.1, 0.15) is 0 Å². The Balaban J connectivity index is 1.97. The lowest BCUT2D eigenvalue weighted by Gasteiger charge is -2.19. The molecule has 0 atom stereocenters. The highest BCUT2D eigenvalue weighted by atomic mass is 32.2. The van der Waals surface area contributed by atoms with Gasteiger partial charge >= 0.3 is 0 Å².